The third-order valence-electron chi connectivity index (χ3n) is 3.79. The van der Waals surface area contributed by atoms with Crippen LogP contribution in [-0.2, 0) is 22.4 Å². The number of rotatable bonds is 0. The molecule has 0 aromatic rings. The molecule has 2 atom stereocenters. The molecule has 0 aromatic heterocycles. The molecule has 0 saturated heterocycles. The molecule has 2 nitrogen and oxygen atoms in total. The largest absolute Gasteiger partial charge is 3.00 e. The van der Waals surface area contributed by atoms with Gasteiger partial charge in [0, 0.05) is 17.5 Å². The first kappa shape index (κ1) is 21.8. The van der Waals surface area contributed by atoms with Crippen LogP contribution in [0.15, 0.2) is 0 Å². The Morgan fingerprint density at radius 1 is 0.800 bits per heavy atom. The fourth-order valence-corrected chi connectivity index (χ4v) is 3.02. The van der Waals surface area contributed by atoms with Gasteiger partial charge < -0.3 is 48.7 Å². The maximum Gasteiger partial charge on any atom is 3.00 e. The standard InChI is InChI=1S/C9H18N2.Au.3ClH/c10-7-3-1-5-9(7)6-2-4-8(9)11;;;;/h7-8H,1-6,10-11H2;;3*1H/q;+3;;;/p-3/t7-,8-,9?;;;;/m1..../s1. The smallest absolute Gasteiger partial charge is 1.00 e. The second-order valence-corrected chi connectivity index (χ2v) is 4.23. The van der Waals surface area contributed by atoms with Crippen LogP contribution in [0, 0.1) is 5.41 Å². The van der Waals surface area contributed by atoms with E-state index in [0.717, 1.165) is 0 Å². The molecule has 2 rings (SSSR count). The molecule has 0 heterocycles. The van der Waals surface area contributed by atoms with E-state index in [4.69, 9.17) is 11.5 Å². The maximum absolute atomic E-state index is 6.09. The average Bonchev–Trinajstić information content (AvgIpc) is 2.48. The van der Waals surface area contributed by atoms with Crippen LogP contribution in [0.5, 0.6) is 0 Å². The van der Waals surface area contributed by atoms with Gasteiger partial charge in [-0.1, -0.05) is 12.8 Å². The first-order valence-corrected chi connectivity index (χ1v) is 4.77. The van der Waals surface area contributed by atoms with Crippen LogP contribution < -0.4 is 48.7 Å². The summed E-state index contributed by atoms with van der Waals surface area (Å²) in [6.45, 7) is 0. The van der Waals surface area contributed by atoms with Crippen molar-refractivity contribution in [3.05, 3.63) is 0 Å². The Balaban J connectivity index is -0.000000360. The zero-order valence-electron chi connectivity index (χ0n) is 8.49. The minimum Gasteiger partial charge on any atom is -1.00 e. The molecule has 4 N–H and O–H groups in total. The van der Waals surface area contributed by atoms with E-state index in [1.807, 2.05) is 0 Å². The van der Waals surface area contributed by atoms with Gasteiger partial charge >= 0.3 is 22.4 Å². The number of halogens is 3. The van der Waals surface area contributed by atoms with Crippen molar-refractivity contribution < 1.29 is 59.6 Å². The topological polar surface area (TPSA) is 52.0 Å². The Kier molecular flexibility index (Phi) is 12.5. The summed E-state index contributed by atoms with van der Waals surface area (Å²) in [4.78, 5) is 0. The summed E-state index contributed by atoms with van der Waals surface area (Å²) >= 11 is 0. The van der Waals surface area contributed by atoms with Crippen molar-refractivity contribution in [2.45, 2.75) is 50.6 Å². The molecule has 0 amide bonds. The van der Waals surface area contributed by atoms with Crippen molar-refractivity contribution in [3.8, 4) is 0 Å². The molecule has 2 fully saturated rings. The molecule has 6 heteroatoms. The summed E-state index contributed by atoms with van der Waals surface area (Å²) in [6, 6.07) is 0.806. The molecule has 15 heavy (non-hydrogen) atoms. The van der Waals surface area contributed by atoms with Crippen molar-refractivity contribution in [2.75, 3.05) is 0 Å². The molecule has 0 unspecified atom stereocenters. The Morgan fingerprint density at radius 2 is 1.13 bits per heavy atom. The van der Waals surface area contributed by atoms with Crippen LogP contribution in [0.4, 0.5) is 0 Å². The molecule has 2 aliphatic carbocycles. The van der Waals surface area contributed by atoms with Gasteiger partial charge in [0.2, 0.25) is 0 Å². The van der Waals surface area contributed by atoms with Crippen molar-refractivity contribution in [2.24, 2.45) is 16.9 Å². The van der Waals surface area contributed by atoms with Crippen LogP contribution in [0.1, 0.15) is 38.5 Å². The average molecular weight is 458 g/mol. The van der Waals surface area contributed by atoms with Crippen molar-refractivity contribution in [3.63, 3.8) is 0 Å². The van der Waals surface area contributed by atoms with Gasteiger partial charge in [-0.15, -0.1) is 0 Å². The molecule has 96 valence electrons. The van der Waals surface area contributed by atoms with Gasteiger partial charge in [-0.3, -0.25) is 0 Å². The number of hydrogen-bond acceptors (Lipinski definition) is 2. The maximum atomic E-state index is 6.09. The molecule has 0 radical (unpaired) electrons. The zero-order chi connectivity index (χ0) is 7.90. The van der Waals surface area contributed by atoms with Crippen LogP contribution in [0.2, 0.25) is 0 Å². The molecule has 2 saturated carbocycles. The summed E-state index contributed by atoms with van der Waals surface area (Å²) in [6.07, 6.45) is 7.58. The third-order valence-corrected chi connectivity index (χ3v) is 3.79. The first-order chi connectivity index (χ1) is 5.26. The van der Waals surface area contributed by atoms with Crippen molar-refractivity contribution >= 4 is 0 Å². The summed E-state index contributed by atoms with van der Waals surface area (Å²) in [5.41, 5.74) is 12.5. The van der Waals surface area contributed by atoms with Gasteiger partial charge in [-0.05, 0) is 25.7 Å². The summed E-state index contributed by atoms with van der Waals surface area (Å²) in [7, 11) is 0. The minimum absolute atomic E-state index is 0. The SMILES string of the molecule is N[C@@H]1CCCC12CCC[C@H]2N.[Au+3].[Cl-].[Cl-].[Cl-]. The molecular formula is C9H18AuCl3N2. The van der Waals surface area contributed by atoms with Gasteiger partial charge in [0.1, 0.15) is 0 Å². The van der Waals surface area contributed by atoms with Crippen LogP contribution in [0.3, 0.4) is 0 Å². The predicted molar refractivity (Wildman–Crippen MR) is 46.1 cm³/mol. The Hall–Kier alpha value is 1.53. The van der Waals surface area contributed by atoms with E-state index in [9.17, 15) is 0 Å². The second-order valence-electron chi connectivity index (χ2n) is 4.23. The molecule has 1 spiro atoms. The summed E-state index contributed by atoms with van der Waals surface area (Å²) in [5.74, 6) is 0. The molecular weight excluding hydrogens is 439 g/mol. The Morgan fingerprint density at radius 3 is 1.33 bits per heavy atom. The van der Waals surface area contributed by atoms with E-state index in [-0.39, 0.29) is 59.6 Å². The predicted octanol–water partition coefficient (Wildman–Crippen LogP) is -8.00. The fraction of sp³-hybridized carbons (Fsp3) is 1.00. The Bertz CT molecular complexity index is 153. The monoisotopic (exact) mass is 456 g/mol. The van der Waals surface area contributed by atoms with Gasteiger partial charge in [0.05, 0.1) is 0 Å². The van der Waals surface area contributed by atoms with Gasteiger partial charge in [-0.2, -0.15) is 0 Å². The van der Waals surface area contributed by atoms with Crippen LogP contribution in [-0.4, -0.2) is 12.1 Å². The first-order valence-electron chi connectivity index (χ1n) is 4.77. The summed E-state index contributed by atoms with van der Waals surface area (Å²) < 4.78 is 0. The van der Waals surface area contributed by atoms with Crippen LogP contribution >= 0.6 is 0 Å². The zero-order valence-corrected chi connectivity index (χ0v) is 12.9. The van der Waals surface area contributed by atoms with Crippen molar-refractivity contribution in [1.82, 2.24) is 0 Å². The normalized spacial score (nSPS) is 30.8. The molecule has 0 aromatic carbocycles. The van der Waals surface area contributed by atoms with E-state index in [2.05, 4.69) is 0 Å². The minimum atomic E-state index is 0. The van der Waals surface area contributed by atoms with Gasteiger partial charge in [-0.25, -0.2) is 0 Å². The second kappa shape index (κ2) is 8.60. The van der Waals surface area contributed by atoms with Crippen molar-refractivity contribution in [1.29, 1.82) is 0 Å². The quantitative estimate of drug-likeness (QED) is 0.355. The Labute approximate surface area is 126 Å². The van der Waals surface area contributed by atoms with Crippen LogP contribution in [0.25, 0.3) is 0 Å². The molecule has 2 aliphatic rings. The molecule has 0 aliphatic heterocycles. The number of hydrogen-bond donors (Lipinski definition) is 2. The molecule has 0 bridgehead atoms. The van der Waals surface area contributed by atoms with E-state index in [0.29, 0.717) is 17.5 Å². The van der Waals surface area contributed by atoms with Gasteiger partial charge in [0.15, 0.2) is 0 Å². The van der Waals surface area contributed by atoms with E-state index >= 15 is 0 Å². The van der Waals surface area contributed by atoms with E-state index in [1.54, 1.807) is 0 Å². The number of nitrogens with two attached hydrogens (primary N) is 2. The van der Waals surface area contributed by atoms with E-state index in [1.165, 1.54) is 38.5 Å². The summed E-state index contributed by atoms with van der Waals surface area (Å²) in [5, 5.41) is 0. The van der Waals surface area contributed by atoms with Gasteiger partial charge in [0.25, 0.3) is 0 Å². The van der Waals surface area contributed by atoms with E-state index < -0.39 is 0 Å². The third kappa shape index (κ3) is 3.75. The fourth-order valence-electron chi connectivity index (χ4n) is 3.02.